The fourth-order valence-corrected chi connectivity index (χ4v) is 1.31. The van der Waals surface area contributed by atoms with E-state index in [0.29, 0.717) is 0 Å². The van der Waals surface area contributed by atoms with Gasteiger partial charge < -0.3 is 9.64 Å². The summed E-state index contributed by atoms with van der Waals surface area (Å²) in [5.41, 5.74) is -0.598. The molecule has 1 heterocycles. The van der Waals surface area contributed by atoms with Crippen molar-refractivity contribution in [3.8, 4) is 6.07 Å². The van der Waals surface area contributed by atoms with Crippen LogP contribution in [0.15, 0.2) is 24.0 Å². The zero-order chi connectivity index (χ0) is 13.1. The molecule has 4 nitrogen and oxygen atoms in total. The van der Waals surface area contributed by atoms with Crippen LogP contribution in [0.5, 0.6) is 0 Å². The van der Waals surface area contributed by atoms with Crippen LogP contribution in [0.1, 0.15) is 0 Å². The normalized spacial score (nSPS) is 19.8. The third-order valence-corrected chi connectivity index (χ3v) is 2.05. The standard InChI is InChI=1S/C10H9F3N2O2/c1-17-6-15-3-2-7(4-14)8(5-15)9(16)10(11,12)13/h2-3,5,7H,6H2,1H3. The van der Waals surface area contributed by atoms with Crippen molar-refractivity contribution in [1.29, 1.82) is 5.26 Å². The second-order valence-corrected chi connectivity index (χ2v) is 3.29. The van der Waals surface area contributed by atoms with Gasteiger partial charge in [0.25, 0.3) is 5.78 Å². The zero-order valence-electron chi connectivity index (χ0n) is 8.86. The number of allylic oxidation sites excluding steroid dienone is 2. The quantitative estimate of drug-likeness (QED) is 0.758. The highest BCUT2D eigenvalue weighted by Gasteiger charge is 2.43. The van der Waals surface area contributed by atoms with E-state index in [4.69, 9.17) is 10.00 Å². The number of halogens is 3. The molecular weight excluding hydrogens is 237 g/mol. The first-order valence-corrected chi connectivity index (χ1v) is 4.56. The maximum absolute atomic E-state index is 12.3. The molecule has 1 unspecified atom stereocenters. The number of nitrogens with zero attached hydrogens (tertiary/aromatic N) is 2. The van der Waals surface area contributed by atoms with Gasteiger partial charge in [0.1, 0.15) is 6.73 Å². The molecular formula is C10H9F3N2O2. The van der Waals surface area contributed by atoms with Crippen molar-refractivity contribution in [2.75, 3.05) is 13.8 Å². The molecule has 0 aliphatic carbocycles. The van der Waals surface area contributed by atoms with E-state index >= 15 is 0 Å². The third kappa shape index (κ3) is 3.07. The smallest absolute Gasteiger partial charge is 0.364 e. The van der Waals surface area contributed by atoms with Crippen LogP contribution >= 0.6 is 0 Å². The largest absolute Gasteiger partial charge is 0.454 e. The summed E-state index contributed by atoms with van der Waals surface area (Å²) in [5, 5.41) is 8.68. The number of carbonyl (C=O) groups is 1. The first-order valence-electron chi connectivity index (χ1n) is 4.56. The monoisotopic (exact) mass is 246 g/mol. The molecule has 1 atom stereocenters. The number of alkyl halides is 3. The Hall–Kier alpha value is -1.81. The number of rotatable bonds is 3. The molecule has 1 aliphatic rings. The summed E-state index contributed by atoms with van der Waals surface area (Å²) < 4.78 is 41.6. The number of methoxy groups -OCH3 is 1. The van der Waals surface area contributed by atoms with Crippen LogP contribution < -0.4 is 0 Å². The Morgan fingerprint density at radius 1 is 1.65 bits per heavy atom. The van der Waals surface area contributed by atoms with Gasteiger partial charge in [-0.2, -0.15) is 18.4 Å². The van der Waals surface area contributed by atoms with Crippen LogP contribution in [-0.2, 0) is 9.53 Å². The number of hydrogen-bond donors (Lipinski definition) is 0. The molecule has 0 fully saturated rings. The molecule has 0 amide bonds. The van der Waals surface area contributed by atoms with Crippen LogP contribution in [0.2, 0.25) is 0 Å². The van der Waals surface area contributed by atoms with Crippen LogP contribution in [0.3, 0.4) is 0 Å². The summed E-state index contributed by atoms with van der Waals surface area (Å²) in [5.74, 6) is -3.19. The van der Waals surface area contributed by atoms with E-state index < -0.39 is 23.5 Å². The molecule has 92 valence electrons. The Labute approximate surface area is 95.6 Å². The fraction of sp³-hybridized carbons (Fsp3) is 0.400. The van der Waals surface area contributed by atoms with E-state index in [1.54, 1.807) is 6.07 Å². The van der Waals surface area contributed by atoms with E-state index in [-0.39, 0.29) is 6.73 Å². The minimum atomic E-state index is -4.98. The Balaban J connectivity index is 3.00. The topological polar surface area (TPSA) is 53.3 Å². The first-order chi connectivity index (χ1) is 7.90. The highest BCUT2D eigenvalue weighted by Crippen LogP contribution is 2.28. The minimum absolute atomic E-state index is 0.00326. The summed E-state index contributed by atoms with van der Waals surface area (Å²) in [6.07, 6.45) is -1.39. The minimum Gasteiger partial charge on any atom is -0.364 e. The Morgan fingerprint density at radius 3 is 2.76 bits per heavy atom. The lowest BCUT2D eigenvalue weighted by Gasteiger charge is -2.22. The van der Waals surface area contributed by atoms with Gasteiger partial charge in [0.05, 0.1) is 12.0 Å². The number of ketones is 1. The number of Topliss-reactive ketones (excluding diaryl/α,β-unsaturated/α-hetero) is 1. The number of ether oxygens (including phenoxy) is 1. The summed E-state index contributed by atoms with van der Waals surface area (Å²) in [4.78, 5) is 12.3. The second kappa shape index (κ2) is 5.01. The van der Waals surface area contributed by atoms with Gasteiger partial charge in [-0.15, -0.1) is 0 Å². The summed E-state index contributed by atoms with van der Waals surface area (Å²) in [7, 11) is 1.36. The summed E-state index contributed by atoms with van der Waals surface area (Å²) in [6.45, 7) is 0.00326. The van der Waals surface area contributed by atoms with Gasteiger partial charge in [-0.3, -0.25) is 4.79 Å². The predicted molar refractivity (Wildman–Crippen MR) is 51.1 cm³/mol. The highest BCUT2D eigenvalue weighted by molar-refractivity contribution is 6.00. The average Bonchev–Trinajstić information content (AvgIpc) is 2.27. The van der Waals surface area contributed by atoms with Crippen molar-refractivity contribution in [1.82, 2.24) is 4.90 Å². The molecule has 7 heteroatoms. The molecule has 1 rings (SSSR count). The van der Waals surface area contributed by atoms with Crippen molar-refractivity contribution < 1.29 is 22.7 Å². The summed E-state index contributed by atoms with van der Waals surface area (Å²) in [6, 6.07) is 1.63. The molecule has 1 aliphatic heterocycles. The van der Waals surface area contributed by atoms with Crippen LogP contribution in [0, 0.1) is 17.2 Å². The van der Waals surface area contributed by atoms with Gasteiger partial charge in [0.2, 0.25) is 0 Å². The number of carbonyl (C=O) groups excluding carboxylic acids is 1. The summed E-state index contributed by atoms with van der Waals surface area (Å²) >= 11 is 0. The molecule has 0 saturated heterocycles. The molecule has 0 aromatic carbocycles. The lowest BCUT2D eigenvalue weighted by Crippen LogP contribution is -2.31. The van der Waals surface area contributed by atoms with Crippen molar-refractivity contribution in [3.05, 3.63) is 24.0 Å². The molecule has 0 bridgehead atoms. The molecule has 17 heavy (non-hydrogen) atoms. The van der Waals surface area contributed by atoms with E-state index in [1.807, 2.05) is 0 Å². The highest BCUT2D eigenvalue weighted by atomic mass is 19.4. The number of hydrogen-bond acceptors (Lipinski definition) is 4. The SMILES string of the molecule is COCN1C=CC(C#N)C(C(=O)C(F)(F)F)=C1. The van der Waals surface area contributed by atoms with Gasteiger partial charge in [-0.1, -0.05) is 0 Å². The molecule has 0 saturated carbocycles. The van der Waals surface area contributed by atoms with Crippen LogP contribution in [0.4, 0.5) is 13.2 Å². The first kappa shape index (κ1) is 13.3. The third-order valence-electron chi connectivity index (χ3n) is 2.05. The Bertz CT molecular complexity index is 407. The van der Waals surface area contributed by atoms with E-state index in [2.05, 4.69) is 0 Å². The van der Waals surface area contributed by atoms with Gasteiger partial charge in [-0.05, 0) is 6.08 Å². The average molecular weight is 246 g/mol. The van der Waals surface area contributed by atoms with Crippen molar-refractivity contribution in [3.63, 3.8) is 0 Å². The van der Waals surface area contributed by atoms with Gasteiger partial charge in [0, 0.05) is 25.1 Å². The number of nitriles is 1. The fourth-order valence-electron chi connectivity index (χ4n) is 1.31. The molecule has 0 radical (unpaired) electrons. The maximum Gasteiger partial charge on any atom is 0.454 e. The molecule has 0 aromatic heterocycles. The Kier molecular flexibility index (Phi) is 3.91. The van der Waals surface area contributed by atoms with Crippen molar-refractivity contribution in [2.45, 2.75) is 6.18 Å². The van der Waals surface area contributed by atoms with Crippen molar-refractivity contribution >= 4 is 5.78 Å². The Morgan fingerprint density at radius 2 is 2.29 bits per heavy atom. The lowest BCUT2D eigenvalue weighted by atomic mass is 9.95. The second-order valence-electron chi connectivity index (χ2n) is 3.29. The van der Waals surface area contributed by atoms with E-state index in [1.165, 1.54) is 24.3 Å². The molecule has 0 aromatic rings. The van der Waals surface area contributed by atoms with Crippen LogP contribution in [-0.4, -0.2) is 30.7 Å². The predicted octanol–water partition coefficient (Wildman–Crippen LogP) is 1.57. The van der Waals surface area contributed by atoms with Crippen LogP contribution in [0.25, 0.3) is 0 Å². The van der Waals surface area contributed by atoms with Gasteiger partial charge in [0.15, 0.2) is 0 Å². The lowest BCUT2D eigenvalue weighted by molar-refractivity contribution is -0.167. The van der Waals surface area contributed by atoms with Gasteiger partial charge in [-0.25, -0.2) is 0 Å². The van der Waals surface area contributed by atoms with Crippen molar-refractivity contribution in [2.24, 2.45) is 5.92 Å². The van der Waals surface area contributed by atoms with E-state index in [9.17, 15) is 18.0 Å². The zero-order valence-corrected chi connectivity index (χ0v) is 8.86. The van der Waals surface area contributed by atoms with Gasteiger partial charge >= 0.3 is 6.18 Å². The molecule has 0 N–H and O–H groups in total. The van der Waals surface area contributed by atoms with E-state index in [0.717, 1.165) is 6.20 Å². The maximum atomic E-state index is 12.3. The molecule has 0 spiro atoms.